The van der Waals surface area contributed by atoms with Crippen molar-refractivity contribution in [2.24, 2.45) is 0 Å². The number of rotatable bonds is 5. The van der Waals surface area contributed by atoms with Gasteiger partial charge >= 0.3 is 6.18 Å². The Morgan fingerprint density at radius 2 is 1.71 bits per heavy atom. The fourth-order valence-electron chi connectivity index (χ4n) is 4.25. The van der Waals surface area contributed by atoms with Crippen molar-refractivity contribution in [1.29, 1.82) is 0 Å². The van der Waals surface area contributed by atoms with Crippen molar-refractivity contribution in [3.63, 3.8) is 0 Å². The number of benzene rings is 2. The third-order valence-electron chi connectivity index (χ3n) is 6.20. The average molecular weight is 485 g/mol. The van der Waals surface area contributed by atoms with Crippen molar-refractivity contribution in [3.05, 3.63) is 70.9 Å². The molecule has 1 aromatic heterocycles. The fourth-order valence-corrected chi connectivity index (χ4v) is 4.25. The number of nitrogens with zero attached hydrogens (tertiary/aromatic N) is 4. The summed E-state index contributed by atoms with van der Waals surface area (Å²) in [6.07, 6.45) is -3.67. The molecule has 0 atom stereocenters. The van der Waals surface area contributed by atoms with Crippen LogP contribution < -0.4 is 9.64 Å². The molecule has 0 N–H and O–H groups in total. The third-order valence-corrected chi connectivity index (χ3v) is 6.20. The molecule has 1 amide bonds. The highest BCUT2D eigenvalue weighted by Crippen LogP contribution is 2.32. The highest BCUT2D eigenvalue weighted by molar-refractivity contribution is 5.94. The summed E-state index contributed by atoms with van der Waals surface area (Å²) >= 11 is 0. The van der Waals surface area contributed by atoms with Gasteiger partial charge in [-0.05, 0) is 43.7 Å². The zero-order valence-electron chi connectivity index (χ0n) is 19.9. The SMILES string of the molecule is CCc1c(C)nc(-c2ccc(C(F)(F)F)cc2)nc1N1CCN(C(=O)c2cccc(OC)c2)CC1. The first-order chi connectivity index (χ1) is 16.7. The van der Waals surface area contributed by atoms with E-state index in [2.05, 4.69) is 9.88 Å². The van der Waals surface area contributed by atoms with Crippen LogP contribution in [-0.4, -0.2) is 54.1 Å². The van der Waals surface area contributed by atoms with Gasteiger partial charge in [0.1, 0.15) is 11.6 Å². The standard InChI is InChI=1S/C26H27F3N4O2/c1-4-22-17(2)30-23(18-8-10-20(11-9-18)26(27,28)29)31-24(22)32-12-14-33(15-13-32)25(34)19-6-5-7-21(16-19)35-3/h5-11,16H,4,12-15H2,1-3H3. The van der Waals surface area contributed by atoms with Gasteiger partial charge in [0.2, 0.25) is 0 Å². The minimum absolute atomic E-state index is 0.0522. The zero-order valence-corrected chi connectivity index (χ0v) is 19.9. The lowest BCUT2D eigenvalue weighted by atomic mass is 10.1. The third kappa shape index (κ3) is 5.23. The minimum Gasteiger partial charge on any atom is -0.497 e. The van der Waals surface area contributed by atoms with E-state index in [4.69, 9.17) is 9.72 Å². The Bertz CT molecular complexity index is 1200. The van der Waals surface area contributed by atoms with Gasteiger partial charge < -0.3 is 14.5 Å². The van der Waals surface area contributed by atoms with Crippen LogP contribution in [0.3, 0.4) is 0 Å². The second-order valence-corrected chi connectivity index (χ2v) is 8.37. The molecule has 3 aromatic rings. The molecule has 184 valence electrons. The Balaban J connectivity index is 1.55. The number of hydrogen-bond donors (Lipinski definition) is 0. The van der Waals surface area contributed by atoms with Gasteiger partial charge in [-0.3, -0.25) is 4.79 Å². The molecular formula is C26H27F3N4O2. The summed E-state index contributed by atoms with van der Waals surface area (Å²) < 4.78 is 44.1. The first-order valence-electron chi connectivity index (χ1n) is 11.4. The topological polar surface area (TPSA) is 58.6 Å². The van der Waals surface area contributed by atoms with Crippen molar-refractivity contribution in [2.45, 2.75) is 26.4 Å². The monoisotopic (exact) mass is 484 g/mol. The molecule has 0 spiro atoms. The smallest absolute Gasteiger partial charge is 0.416 e. The van der Waals surface area contributed by atoms with E-state index in [1.54, 1.807) is 31.4 Å². The van der Waals surface area contributed by atoms with E-state index in [1.807, 2.05) is 18.7 Å². The summed E-state index contributed by atoms with van der Waals surface area (Å²) in [6.45, 7) is 6.14. The number of carbonyl (C=O) groups excluding carboxylic acids is 1. The van der Waals surface area contributed by atoms with Crippen LogP contribution in [0.15, 0.2) is 48.5 Å². The first kappa shape index (κ1) is 24.5. The molecule has 2 aromatic carbocycles. The van der Waals surface area contributed by atoms with Crippen molar-refractivity contribution in [1.82, 2.24) is 14.9 Å². The molecular weight excluding hydrogens is 457 g/mol. The van der Waals surface area contributed by atoms with Gasteiger partial charge in [-0.1, -0.05) is 25.1 Å². The predicted octanol–water partition coefficient (Wildman–Crippen LogP) is 5.00. The molecule has 0 bridgehead atoms. The Labute approximate surface area is 202 Å². The van der Waals surface area contributed by atoms with Crippen LogP contribution in [0, 0.1) is 6.92 Å². The highest BCUT2D eigenvalue weighted by atomic mass is 19.4. The minimum atomic E-state index is -4.39. The zero-order chi connectivity index (χ0) is 25.2. The van der Waals surface area contributed by atoms with Crippen molar-refractivity contribution in [3.8, 4) is 17.1 Å². The molecule has 0 aliphatic carbocycles. The van der Waals surface area contributed by atoms with Gasteiger partial charge in [0.15, 0.2) is 5.82 Å². The lowest BCUT2D eigenvalue weighted by molar-refractivity contribution is -0.137. The van der Waals surface area contributed by atoms with Crippen LogP contribution in [0.25, 0.3) is 11.4 Å². The van der Waals surface area contributed by atoms with Crippen molar-refractivity contribution in [2.75, 3.05) is 38.2 Å². The maximum atomic E-state index is 13.0. The quantitative estimate of drug-likeness (QED) is 0.510. The van der Waals surface area contributed by atoms with E-state index in [1.165, 1.54) is 12.1 Å². The highest BCUT2D eigenvalue weighted by Gasteiger charge is 2.30. The molecule has 1 saturated heterocycles. The van der Waals surface area contributed by atoms with E-state index < -0.39 is 11.7 Å². The van der Waals surface area contributed by atoms with Crippen LogP contribution >= 0.6 is 0 Å². The fraction of sp³-hybridized carbons (Fsp3) is 0.346. The molecule has 35 heavy (non-hydrogen) atoms. The Kier molecular flexibility index (Phi) is 6.95. The molecule has 9 heteroatoms. The Morgan fingerprint density at radius 1 is 1.03 bits per heavy atom. The van der Waals surface area contributed by atoms with Gasteiger partial charge in [0, 0.05) is 48.6 Å². The maximum Gasteiger partial charge on any atom is 0.416 e. The predicted molar refractivity (Wildman–Crippen MR) is 128 cm³/mol. The summed E-state index contributed by atoms with van der Waals surface area (Å²) in [5.41, 5.74) is 2.18. The van der Waals surface area contributed by atoms with Crippen LogP contribution in [0.5, 0.6) is 5.75 Å². The van der Waals surface area contributed by atoms with Gasteiger partial charge in [0.05, 0.1) is 12.7 Å². The number of carbonyl (C=O) groups is 1. The number of aryl methyl sites for hydroxylation is 1. The van der Waals surface area contributed by atoms with E-state index in [0.29, 0.717) is 48.9 Å². The Hall–Kier alpha value is -3.62. The van der Waals surface area contributed by atoms with E-state index in [9.17, 15) is 18.0 Å². The number of ether oxygens (including phenoxy) is 1. The largest absolute Gasteiger partial charge is 0.497 e. The second kappa shape index (κ2) is 9.93. The van der Waals surface area contributed by atoms with Gasteiger partial charge in [-0.15, -0.1) is 0 Å². The first-order valence-corrected chi connectivity index (χ1v) is 11.4. The molecule has 2 heterocycles. The van der Waals surface area contributed by atoms with Crippen LogP contribution in [0.1, 0.15) is 34.1 Å². The second-order valence-electron chi connectivity index (χ2n) is 8.37. The summed E-state index contributed by atoms with van der Waals surface area (Å²) in [7, 11) is 1.57. The summed E-state index contributed by atoms with van der Waals surface area (Å²) in [6, 6.07) is 12.0. The van der Waals surface area contributed by atoms with Crippen LogP contribution in [-0.2, 0) is 12.6 Å². The lowest BCUT2D eigenvalue weighted by Gasteiger charge is -2.36. The lowest BCUT2D eigenvalue weighted by Crippen LogP contribution is -2.49. The number of methoxy groups -OCH3 is 1. The Morgan fingerprint density at radius 3 is 2.31 bits per heavy atom. The molecule has 0 radical (unpaired) electrons. The number of anilines is 1. The van der Waals surface area contributed by atoms with E-state index in [0.717, 1.165) is 35.6 Å². The van der Waals surface area contributed by atoms with Crippen LogP contribution in [0.4, 0.5) is 19.0 Å². The normalized spacial score (nSPS) is 14.2. The molecule has 0 saturated carbocycles. The number of halogens is 3. The van der Waals surface area contributed by atoms with E-state index >= 15 is 0 Å². The average Bonchev–Trinajstić information content (AvgIpc) is 2.87. The number of piperazine rings is 1. The van der Waals surface area contributed by atoms with Gasteiger partial charge in [-0.25, -0.2) is 9.97 Å². The number of amides is 1. The molecule has 1 aliphatic heterocycles. The van der Waals surface area contributed by atoms with Crippen molar-refractivity contribution < 1.29 is 22.7 Å². The van der Waals surface area contributed by atoms with Crippen LogP contribution in [0.2, 0.25) is 0 Å². The number of alkyl halides is 3. The van der Waals surface area contributed by atoms with E-state index in [-0.39, 0.29) is 5.91 Å². The molecule has 4 rings (SSSR count). The molecule has 0 unspecified atom stereocenters. The molecule has 6 nitrogen and oxygen atoms in total. The summed E-state index contributed by atoms with van der Waals surface area (Å²) in [5.74, 6) is 1.74. The molecule has 1 fully saturated rings. The number of aromatic nitrogens is 2. The summed E-state index contributed by atoms with van der Waals surface area (Å²) in [4.78, 5) is 26.2. The summed E-state index contributed by atoms with van der Waals surface area (Å²) in [5, 5.41) is 0. The maximum absolute atomic E-state index is 13.0. The molecule has 1 aliphatic rings. The van der Waals surface area contributed by atoms with Gasteiger partial charge in [-0.2, -0.15) is 13.2 Å². The number of hydrogen-bond acceptors (Lipinski definition) is 5. The van der Waals surface area contributed by atoms with Crippen molar-refractivity contribution >= 4 is 11.7 Å². The van der Waals surface area contributed by atoms with Gasteiger partial charge in [0.25, 0.3) is 5.91 Å².